The third-order valence-corrected chi connectivity index (χ3v) is 3.69. The summed E-state index contributed by atoms with van der Waals surface area (Å²) in [5.41, 5.74) is 3.35. The van der Waals surface area contributed by atoms with E-state index in [1.807, 2.05) is 0 Å². The Bertz CT molecular complexity index is 401. The summed E-state index contributed by atoms with van der Waals surface area (Å²) in [6.45, 7) is 8.14. The molecule has 2 aliphatic rings. The van der Waals surface area contributed by atoms with Crippen LogP contribution in [-0.4, -0.2) is 12.1 Å². The second-order valence-corrected chi connectivity index (χ2v) is 5.15. The van der Waals surface area contributed by atoms with Gasteiger partial charge in [-0.05, 0) is 33.1 Å². The van der Waals surface area contributed by atoms with Gasteiger partial charge in [-0.15, -0.1) is 0 Å². The van der Waals surface area contributed by atoms with E-state index < -0.39 is 0 Å². The van der Waals surface area contributed by atoms with E-state index in [1.165, 1.54) is 11.1 Å². The van der Waals surface area contributed by atoms with Gasteiger partial charge in [0.25, 0.3) is 0 Å². The van der Waals surface area contributed by atoms with Gasteiger partial charge >= 0.3 is 5.97 Å². The van der Waals surface area contributed by atoms with Crippen LogP contribution in [0.1, 0.15) is 39.5 Å². The Morgan fingerprint density at radius 2 is 2.06 bits per heavy atom. The van der Waals surface area contributed by atoms with Gasteiger partial charge in [0.1, 0.15) is 6.10 Å². The molecule has 2 nitrogen and oxygen atoms in total. The van der Waals surface area contributed by atoms with Crippen molar-refractivity contribution < 1.29 is 9.53 Å². The molecule has 0 saturated carbocycles. The van der Waals surface area contributed by atoms with Gasteiger partial charge in [0.15, 0.2) is 0 Å². The molecule has 92 valence electrons. The number of fused-ring (bicyclic) bond motifs is 1. The van der Waals surface area contributed by atoms with Gasteiger partial charge in [0, 0.05) is 17.9 Å². The molecule has 0 aromatic carbocycles. The lowest BCUT2D eigenvalue weighted by Crippen LogP contribution is -2.17. The van der Waals surface area contributed by atoms with Crippen LogP contribution in [0.2, 0.25) is 0 Å². The Hall–Kier alpha value is -1.31. The maximum absolute atomic E-state index is 11.6. The molecule has 0 amide bonds. The van der Waals surface area contributed by atoms with Crippen LogP contribution >= 0.6 is 0 Å². The Morgan fingerprint density at radius 1 is 1.29 bits per heavy atom. The normalized spacial score (nSPS) is 36.4. The molecule has 1 aliphatic heterocycles. The highest BCUT2D eigenvalue weighted by molar-refractivity contribution is 5.90. The highest BCUT2D eigenvalue weighted by Gasteiger charge is 2.37. The zero-order chi connectivity index (χ0) is 12.4. The van der Waals surface area contributed by atoms with Gasteiger partial charge in [0.05, 0.1) is 0 Å². The highest BCUT2D eigenvalue weighted by Crippen LogP contribution is 2.34. The lowest BCUT2D eigenvalue weighted by molar-refractivity contribution is -0.139. The Kier molecular flexibility index (Phi) is 3.51. The zero-order valence-corrected chi connectivity index (χ0v) is 10.7. The number of rotatable bonds is 0. The first-order valence-corrected chi connectivity index (χ1v) is 6.29. The minimum atomic E-state index is -0.210. The molecule has 17 heavy (non-hydrogen) atoms. The second-order valence-electron chi connectivity index (χ2n) is 5.15. The predicted molar refractivity (Wildman–Crippen MR) is 68.5 cm³/mol. The maximum atomic E-state index is 11.6. The van der Waals surface area contributed by atoms with Gasteiger partial charge in [0.2, 0.25) is 0 Å². The number of carbonyl (C=O) groups is 1. The Morgan fingerprint density at radius 3 is 2.82 bits per heavy atom. The van der Waals surface area contributed by atoms with Crippen molar-refractivity contribution in [3.63, 3.8) is 0 Å². The monoisotopic (exact) mass is 232 g/mol. The largest absolute Gasteiger partial charge is 0.458 e. The van der Waals surface area contributed by atoms with Crippen molar-refractivity contribution in [3.8, 4) is 0 Å². The predicted octanol–water partition coefficient (Wildman–Crippen LogP) is 3.55. The number of ether oxygens (including phenoxy) is 1. The fourth-order valence-electron chi connectivity index (χ4n) is 2.53. The van der Waals surface area contributed by atoms with E-state index in [1.54, 1.807) is 0 Å². The zero-order valence-electron chi connectivity index (χ0n) is 10.7. The van der Waals surface area contributed by atoms with Gasteiger partial charge in [-0.2, -0.15) is 0 Å². The molecule has 0 spiro atoms. The number of allylic oxidation sites excluding steroid dienone is 3. The minimum absolute atomic E-state index is 0.00611. The smallest absolute Gasteiger partial charge is 0.334 e. The van der Waals surface area contributed by atoms with Crippen LogP contribution in [0.15, 0.2) is 35.5 Å². The second kappa shape index (κ2) is 4.91. The van der Waals surface area contributed by atoms with Gasteiger partial charge < -0.3 is 4.74 Å². The SMILES string of the molecule is C=C1C(=O)O[C@H]2C/C(C)=C/CC/C(C)=C\C[C@@H]12. The number of hydrogen-bond donors (Lipinski definition) is 0. The molecular weight excluding hydrogens is 212 g/mol. The first-order valence-electron chi connectivity index (χ1n) is 6.29. The molecule has 0 radical (unpaired) electrons. The summed E-state index contributed by atoms with van der Waals surface area (Å²) in [5, 5.41) is 0. The van der Waals surface area contributed by atoms with Crippen LogP contribution in [0.3, 0.4) is 0 Å². The molecule has 1 heterocycles. The van der Waals surface area contributed by atoms with Crippen molar-refractivity contribution in [2.45, 2.75) is 45.6 Å². The minimum Gasteiger partial charge on any atom is -0.458 e. The Labute approximate surface area is 103 Å². The average Bonchev–Trinajstić information content (AvgIpc) is 2.52. The van der Waals surface area contributed by atoms with Crippen LogP contribution in [-0.2, 0) is 9.53 Å². The summed E-state index contributed by atoms with van der Waals surface area (Å²) in [6, 6.07) is 0. The summed E-state index contributed by atoms with van der Waals surface area (Å²) in [7, 11) is 0. The number of carbonyl (C=O) groups excluding carboxylic acids is 1. The first kappa shape index (κ1) is 12.2. The van der Waals surface area contributed by atoms with Crippen LogP contribution < -0.4 is 0 Å². The molecule has 1 aliphatic carbocycles. The molecular formula is C15H20O2. The first-order chi connectivity index (χ1) is 8.08. The van der Waals surface area contributed by atoms with E-state index in [4.69, 9.17) is 4.74 Å². The average molecular weight is 232 g/mol. The summed E-state index contributed by atoms with van der Waals surface area (Å²) < 4.78 is 5.41. The molecule has 2 rings (SSSR count). The van der Waals surface area contributed by atoms with Crippen LogP contribution in [0.25, 0.3) is 0 Å². The molecule has 0 bridgehead atoms. The van der Waals surface area contributed by atoms with Crippen molar-refractivity contribution in [3.05, 3.63) is 35.5 Å². The molecule has 0 unspecified atom stereocenters. The standard InChI is InChI=1S/C15H20O2/c1-10-5-4-6-11(2)9-14-13(8-7-10)12(3)15(16)17-14/h6-7,13-14H,3-5,8-9H2,1-2H3/b10-7-,11-6+/t13-,14-/m0/s1. The quantitative estimate of drug-likeness (QED) is 0.363. The molecule has 2 heteroatoms. The van der Waals surface area contributed by atoms with E-state index in [0.717, 1.165) is 25.7 Å². The molecule has 0 aromatic heterocycles. The van der Waals surface area contributed by atoms with E-state index >= 15 is 0 Å². The molecule has 1 fully saturated rings. The van der Waals surface area contributed by atoms with Crippen molar-refractivity contribution in [2.24, 2.45) is 5.92 Å². The summed E-state index contributed by atoms with van der Waals surface area (Å²) in [4.78, 5) is 11.6. The molecule has 2 atom stereocenters. The Balaban J connectivity index is 2.23. The van der Waals surface area contributed by atoms with Crippen LogP contribution in [0.5, 0.6) is 0 Å². The summed E-state index contributed by atoms with van der Waals surface area (Å²) in [5.74, 6) is -0.0444. The van der Waals surface area contributed by atoms with Crippen molar-refractivity contribution in [1.29, 1.82) is 0 Å². The topological polar surface area (TPSA) is 26.3 Å². The van der Waals surface area contributed by atoms with Gasteiger partial charge in [-0.1, -0.05) is 29.9 Å². The summed E-state index contributed by atoms with van der Waals surface area (Å²) >= 11 is 0. The van der Waals surface area contributed by atoms with Crippen LogP contribution in [0.4, 0.5) is 0 Å². The van der Waals surface area contributed by atoms with Gasteiger partial charge in [-0.25, -0.2) is 4.79 Å². The van der Waals surface area contributed by atoms with E-state index in [9.17, 15) is 4.79 Å². The van der Waals surface area contributed by atoms with Crippen molar-refractivity contribution >= 4 is 5.97 Å². The molecule has 0 N–H and O–H groups in total. The van der Waals surface area contributed by atoms with E-state index in [2.05, 4.69) is 32.6 Å². The van der Waals surface area contributed by atoms with Crippen molar-refractivity contribution in [2.75, 3.05) is 0 Å². The fraction of sp³-hybridized carbons (Fsp3) is 0.533. The molecule has 1 saturated heterocycles. The van der Waals surface area contributed by atoms with E-state index in [-0.39, 0.29) is 18.0 Å². The number of hydrogen-bond acceptors (Lipinski definition) is 2. The maximum Gasteiger partial charge on any atom is 0.334 e. The number of esters is 1. The van der Waals surface area contributed by atoms with E-state index in [0.29, 0.717) is 5.57 Å². The summed E-state index contributed by atoms with van der Waals surface area (Å²) in [6.07, 6.45) is 8.41. The van der Waals surface area contributed by atoms with Gasteiger partial charge in [-0.3, -0.25) is 0 Å². The lowest BCUT2D eigenvalue weighted by Gasteiger charge is -2.18. The fourth-order valence-corrected chi connectivity index (χ4v) is 2.53. The molecule has 0 aromatic rings. The lowest BCUT2D eigenvalue weighted by atomic mass is 9.88. The van der Waals surface area contributed by atoms with Crippen LogP contribution in [0, 0.1) is 5.92 Å². The highest BCUT2D eigenvalue weighted by atomic mass is 16.6. The third kappa shape index (κ3) is 2.68. The van der Waals surface area contributed by atoms with Crippen molar-refractivity contribution in [1.82, 2.24) is 0 Å². The third-order valence-electron chi connectivity index (χ3n) is 3.69.